The van der Waals surface area contributed by atoms with Gasteiger partial charge in [-0.25, -0.2) is 26.4 Å². The standard InChI is InChI=1S/C10H7Cl2FN2O4S3/c11-9-4-8(10(12)20-9)22(18,19)15-7-2-1-5(3-6(7)13)21(14,16)17/h1-4,15H,(H2,14,16,17). The van der Waals surface area contributed by atoms with Crippen LogP contribution in [0.3, 0.4) is 0 Å². The summed E-state index contributed by atoms with van der Waals surface area (Å²) in [6, 6.07) is 3.63. The van der Waals surface area contributed by atoms with E-state index < -0.39 is 36.4 Å². The molecule has 6 nitrogen and oxygen atoms in total. The summed E-state index contributed by atoms with van der Waals surface area (Å²) in [6.07, 6.45) is 0. The molecule has 0 aliphatic heterocycles. The van der Waals surface area contributed by atoms with Gasteiger partial charge in [-0.2, -0.15) is 0 Å². The maximum absolute atomic E-state index is 13.8. The van der Waals surface area contributed by atoms with Crippen molar-refractivity contribution < 1.29 is 21.2 Å². The predicted octanol–water partition coefficient (Wildman–Crippen LogP) is 2.64. The fraction of sp³-hybridized carbons (Fsp3) is 0. The molecule has 0 saturated carbocycles. The number of rotatable bonds is 4. The molecule has 3 N–H and O–H groups in total. The van der Waals surface area contributed by atoms with E-state index in [1.807, 2.05) is 4.72 Å². The van der Waals surface area contributed by atoms with Gasteiger partial charge in [-0.05, 0) is 24.3 Å². The Morgan fingerprint density at radius 3 is 2.23 bits per heavy atom. The quantitative estimate of drug-likeness (QED) is 0.816. The average molecular weight is 405 g/mol. The van der Waals surface area contributed by atoms with E-state index in [9.17, 15) is 21.2 Å². The van der Waals surface area contributed by atoms with Crippen LogP contribution in [0.5, 0.6) is 0 Å². The van der Waals surface area contributed by atoms with Crippen molar-refractivity contribution in [3.63, 3.8) is 0 Å². The molecule has 0 amide bonds. The Morgan fingerprint density at radius 1 is 1.14 bits per heavy atom. The average Bonchev–Trinajstić information content (AvgIpc) is 2.70. The van der Waals surface area contributed by atoms with Gasteiger partial charge in [0.25, 0.3) is 10.0 Å². The first-order chi connectivity index (χ1) is 10.0. The van der Waals surface area contributed by atoms with Crippen LogP contribution in [-0.2, 0) is 20.0 Å². The van der Waals surface area contributed by atoms with Crippen LogP contribution in [-0.4, -0.2) is 16.8 Å². The smallest absolute Gasteiger partial charge is 0.264 e. The number of nitrogens with two attached hydrogens (primary N) is 1. The van der Waals surface area contributed by atoms with Crippen molar-refractivity contribution in [2.45, 2.75) is 9.79 Å². The lowest BCUT2D eigenvalue weighted by Crippen LogP contribution is -2.15. The molecule has 120 valence electrons. The minimum Gasteiger partial charge on any atom is -0.277 e. The molecule has 1 aromatic carbocycles. The molecule has 0 aliphatic rings. The van der Waals surface area contributed by atoms with Gasteiger partial charge in [-0.1, -0.05) is 23.2 Å². The molecule has 0 radical (unpaired) electrons. The van der Waals surface area contributed by atoms with Crippen LogP contribution in [0, 0.1) is 5.82 Å². The fourth-order valence-corrected chi connectivity index (χ4v) is 5.21. The van der Waals surface area contributed by atoms with E-state index >= 15 is 0 Å². The zero-order chi connectivity index (χ0) is 16.7. The SMILES string of the molecule is NS(=O)(=O)c1ccc(NS(=O)(=O)c2cc(Cl)sc2Cl)c(F)c1. The van der Waals surface area contributed by atoms with Crippen LogP contribution in [0.15, 0.2) is 34.1 Å². The van der Waals surface area contributed by atoms with Crippen molar-refractivity contribution >= 4 is 60.3 Å². The van der Waals surface area contributed by atoms with Crippen LogP contribution < -0.4 is 9.86 Å². The summed E-state index contributed by atoms with van der Waals surface area (Å²) in [7, 11) is -8.27. The van der Waals surface area contributed by atoms with E-state index in [1.165, 1.54) is 0 Å². The minimum absolute atomic E-state index is 0.0842. The van der Waals surface area contributed by atoms with Crippen molar-refractivity contribution in [3.8, 4) is 0 Å². The number of thiophene rings is 1. The van der Waals surface area contributed by atoms with Gasteiger partial charge in [0.1, 0.15) is 15.0 Å². The third kappa shape index (κ3) is 3.70. The largest absolute Gasteiger partial charge is 0.277 e. The van der Waals surface area contributed by atoms with Gasteiger partial charge >= 0.3 is 0 Å². The maximum atomic E-state index is 13.8. The van der Waals surface area contributed by atoms with E-state index in [0.717, 1.165) is 29.5 Å². The van der Waals surface area contributed by atoms with E-state index in [0.29, 0.717) is 6.07 Å². The van der Waals surface area contributed by atoms with E-state index in [-0.39, 0.29) is 13.6 Å². The Bertz CT molecular complexity index is 941. The van der Waals surface area contributed by atoms with Crippen molar-refractivity contribution in [3.05, 3.63) is 38.8 Å². The van der Waals surface area contributed by atoms with Gasteiger partial charge in [0.05, 0.1) is 14.9 Å². The lowest BCUT2D eigenvalue weighted by molar-refractivity contribution is 0.592. The lowest BCUT2D eigenvalue weighted by Gasteiger charge is -2.09. The molecule has 1 aromatic heterocycles. The number of benzene rings is 1. The highest BCUT2D eigenvalue weighted by Gasteiger charge is 2.23. The van der Waals surface area contributed by atoms with Gasteiger partial charge in [0, 0.05) is 0 Å². The van der Waals surface area contributed by atoms with Crippen LogP contribution in [0.1, 0.15) is 0 Å². The number of nitrogens with one attached hydrogen (secondary N) is 1. The van der Waals surface area contributed by atoms with Crippen LogP contribution in [0.2, 0.25) is 8.67 Å². The molecule has 22 heavy (non-hydrogen) atoms. The minimum atomic E-state index is -4.17. The van der Waals surface area contributed by atoms with Crippen molar-refractivity contribution in [2.24, 2.45) is 5.14 Å². The number of primary sulfonamides is 1. The Balaban J connectivity index is 2.41. The molecule has 0 fully saturated rings. The number of halogens is 3. The first-order valence-electron chi connectivity index (χ1n) is 5.31. The summed E-state index contributed by atoms with van der Waals surface area (Å²) in [6.45, 7) is 0. The molecule has 12 heteroatoms. The summed E-state index contributed by atoms with van der Waals surface area (Å²) >= 11 is 12.2. The lowest BCUT2D eigenvalue weighted by atomic mass is 10.3. The highest BCUT2D eigenvalue weighted by molar-refractivity contribution is 7.93. The summed E-state index contributed by atoms with van der Waals surface area (Å²) in [5, 5.41) is 4.85. The monoisotopic (exact) mass is 404 g/mol. The second kappa shape index (κ2) is 5.95. The molecule has 0 aliphatic carbocycles. The summed E-state index contributed by atoms with van der Waals surface area (Å²) in [4.78, 5) is -0.788. The Morgan fingerprint density at radius 2 is 1.77 bits per heavy atom. The highest BCUT2D eigenvalue weighted by atomic mass is 35.5. The second-order valence-electron chi connectivity index (χ2n) is 3.98. The maximum Gasteiger partial charge on any atom is 0.264 e. The van der Waals surface area contributed by atoms with Crippen LogP contribution in [0.25, 0.3) is 0 Å². The Hall–Kier alpha value is -0.910. The van der Waals surface area contributed by atoms with Gasteiger partial charge in [-0.15, -0.1) is 11.3 Å². The molecule has 0 saturated heterocycles. The van der Waals surface area contributed by atoms with Crippen LogP contribution in [0.4, 0.5) is 10.1 Å². The summed E-state index contributed by atoms with van der Waals surface area (Å²) in [5.41, 5.74) is -0.453. The van der Waals surface area contributed by atoms with Crippen molar-refractivity contribution in [1.82, 2.24) is 0 Å². The molecular formula is C10H7Cl2FN2O4S3. The number of hydrogen-bond donors (Lipinski definition) is 2. The predicted molar refractivity (Wildman–Crippen MR) is 82.9 cm³/mol. The third-order valence-electron chi connectivity index (χ3n) is 2.43. The second-order valence-corrected chi connectivity index (χ2v) is 9.48. The fourth-order valence-electron chi connectivity index (χ4n) is 1.46. The van der Waals surface area contributed by atoms with E-state index in [2.05, 4.69) is 0 Å². The molecule has 0 atom stereocenters. The molecule has 0 spiro atoms. The van der Waals surface area contributed by atoms with E-state index in [4.69, 9.17) is 28.3 Å². The highest BCUT2D eigenvalue weighted by Crippen LogP contribution is 2.35. The third-order valence-corrected chi connectivity index (χ3v) is 6.46. The zero-order valence-electron chi connectivity index (χ0n) is 10.4. The number of hydrogen-bond acceptors (Lipinski definition) is 5. The topological polar surface area (TPSA) is 106 Å². The van der Waals surface area contributed by atoms with Gasteiger partial charge < -0.3 is 0 Å². The van der Waals surface area contributed by atoms with E-state index in [1.54, 1.807) is 0 Å². The first-order valence-corrected chi connectivity index (χ1v) is 9.91. The normalized spacial score (nSPS) is 12.4. The number of anilines is 1. The molecule has 1 heterocycles. The molecule has 0 bridgehead atoms. The Labute approximate surface area is 139 Å². The Kier molecular flexibility index (Phi) is 4.71. The molecule has 2 aromatic rings. The van der Waals surface area contributed by atoms with Crippen molar-refractivity contribution in [1.29, 1.82) is 0 Å². The van der Waals surface area contributed by atoms with Gasteiger partial charge in [0.2, 0.25) is 10.0 Å². The zero-order valence-corrected chi connectivity index (χ0v) is 14.3. The number of sulfonamides is 2. The van der Waals surface area contributed by atoms with Gasteiger partial charge in [-0.3, -0.25) is 4.72 Å². The van der Waals surface area contributed by atoms with Crippen LogP contribution >= 0.6 is 34.5 Å². The molecular weight excluding hydrogens is 398 g/mol. The first kappa shape index (κ1) is 17.4. The van der Waals surface area contributed by atoms with Crippen molar-refractivity contribution in [2.75, 3.05) is 4.72 Å². The molecule has 2 rings (SSSR count). The molecule has 0 unspecified atom stereocenters. The summed E-state index contributed by atoms with van der Waals surface area (Å²) in [5.74, 6) is -1.10. The van der Waals surface area contributed by atoms with Gasteiger partial charge in [0.15, 0.2) is 0 Å². The summed E-state index contributed by atoms with van der Waals surface area (Å²) < 4.78 is 62.3.